The van der Waals surface area contributed by atoms with Gasteiger partial charge in [-0.05, 0) is 25.8 Å². The number of carboxylic acids is 1. The van der Waals surface area contributed by atoms with E-state index in [2.05, 4.69) is 13.8 Å². The number of carboxylic acid groups (broad SMARTS) is 1. The van der Waals surface area contributed by atoms with E-state index in [9.17, 15) is 14.7 Å². The number of ketones is 1. The standard InChI is InChI=1S/C15H23NO3/c1-4-6-8-13(7-5-2)16-10-12(11(3)17)9-14(16)15(18)19/h9-10,13H,4-8H2,1-3H3,(H,18,19). The molecule has 106 valence electrons. The molecular weight excluding hydrogens is 242 g/mol. The van der Waals surface area contributed by atoms with Gasteiger partial charge in [0, 0.05) is 17.8 Å². The third-order valence-corrected chi connectivity index (χ3v) is 3.38. The minimum atomic E-state index is -0.967. The average molecular weight is 265 g/mol. The minimum Gasteiger partial charge on any atom is -0.477 e. The van der Waals surface area contributed by atoms with E-state index in [4.69, 9.17) is 0 Å². The van der Waals surface area contributed by atoms with Crippen LogP contribution in [0.5, 0.6) is 0 Å². The molecule has 0 spiro atoms. The maximum Gasteiger partial charge on any atom is 0.352 e. The van der Waals surface area contributed by atoms with Gasteiger partial charge in [0.15, 0.2) is 5.78 Å². The number of Topliss-reactive ketones (excluding diaryl/α,β-unsaturated/α-hetero) is 1. The van der Waals surface area contributed by atoms with Crippen molar-refractivity contribution in [2.75, 3.05) is 0 Å². The molecule has 0 radical (unpaired) electrons. The van der Waals surface area contributed by atoms with Crippen molar-refractivity contribution in [2.45, 2.75) is 58.9 Å². The summed E-state index contributed by atoms with van der Waals surface area (Å²) in [7, 11) is 0. The lowest BCUT2D eigenvalue weighted by Gasteiger charge is -2.19. The number of hydrogen-bond donors (Lipinski definition) is 1. The smallest absolute Gasteiger partial charge is 0.352 e. The number of nitrogens with zero attached hydrogens (tertiary/aromatic N) is 1. The molecule has 1 aromatic rings. The second kappa shape index (κ2) is 7.12. The molecule has 0 aliphatic heterocycles. The topological polar surface area (TPSA) is 59.3 Å². The summed E-state index contributed by atoms with van der Waals surface area (Å²) in [6, 6.07) is 1.66. The summed E-state index contributed by atoms with van der Waals surface area (Å²) >= 11 is 0. The van der Waals surface area contributed by atoms with Gasteiger partial charge in [0.2, 0.25) is 0 Å². The predicted octanol–water partition coefficient (Wildman–Crippen LogP) is 3.92. The fraction of sp³-hybridized carbons (Fsp3) is 0.600. The zero-order valence-electron chi connectivity index (χ0n) is 12.0. The Kier molecular flexibility index (Phi) is 5.80. The molecule has 1 aromatic heterocycles. The zero-order chi connectivity index (χ0) is 14.4. The molecule has 0 bridgehead atoms. The van der Waals surface area contributed by atoms with E-state index in [1.807, 2.05) is 0 Å². The van der Waals surface area contributed by atoms with Gasteiger partial charge in [0.05, 0.1) is 0 Å². The Hall–Kier alpha value is -1.58. The summed E-state index contributed by atoms with van der Waals surface area (Å²) in [4.78, 5) is 22.7. The third kappa shape index (κ3) is 3.94. The van der Waals surface area contributed by atoms with Crippen molar-refractivity contribution in [3.8, 4) is 0 Å². The highest BCUT2D eigenvalue weighted by atomic mass is 16.4. The minimum absolute atomic E-state index is 0.0908. The number of carbonyl (C=O) groups is 2. The molecule has 4 heteroatoms. The van der Waals surface area contributed by atoms with Crippen molar-refractivity contribution in [1.29, 1.82) is 0 Å². The molecule has 0 aliphatic rings. The van der Waals surface area contributed by atoms with Gasteiger partial charge in [-0.3, -0.25) is 4.79 Å². The second-order valence-electron chi connectivity index (χ2n) is 4.97. The fourth-order valence-corrected chi connectivity index (χ4v) is 2.34. The molecule has 1 unspecified atom stereocenters. The molecule has 0 fully saturated rings. The first-order valence-electron chi connectivity index (χ1n) is 6.97. The number of hydrogen-bond acceptors (Lipinski definition) is 2. The Balaban J connectivity index is 3.11. The molecule has 4 nitrogen and oxygen atoms in total. The SMILES string of the molecule is CCCCC(CCC)n1cc(C(C)=O)cc1C(=O)O. The molecule has 19 heavy (non-hydrogen) atoms. The lowest BCUT2D eigenvalue weighted by molar-refractivity contribution is 0.0681. The summed E-state index contributed by atoms with van der Waals surface area (Å²) in [5.41, 5.74) is 0.703. The molecule has 0 amide bonds. The highest BCUT2D eigenvalue weighted by molar-refractivity contribution is 5.97. The van der Waals surface area contributed by atoms with Crippen LogP contribution in [0.4, 0.5) is 0 Å². The Bertz CT molecular complexity index is 448. The van der Waals surface area contributed by atoms with Crippen LogP contribution in [0.2, 0.25) is 0 Å². The van der Waals surface area contributed by atoms with Gasteiger partial charge in [-0.1, -0.05) is 33.1 Å². The normalized spacial score (nSPS) is 12.4. The van der Waals surface area contributed by atoms with E-state index in [1.54, 1.807) is 10.8 Å². The summed E-state index contributed by atoms with van der Waals surface area (Å²) < 4.78 is 1.78. The number of aromatic nitrogens is 1. The van der Waals surface area contributed by atoms with Gasteiger partial charge in [-0.2, -0.15) is 0 Å². The number of unbranched alkanes of at least 4 members (excludes halogenated alkanes) is 1. The van der Waals surface area contributed by atoms with Crippen LogP contribution in [0, 0.1) is 0 Å². The van der Waals surface area contributed by atoms with E-state index in [1.165, 1.54) is 13.0 Å². The van der Waals surface area contributed by atoms with Crippen LogP contribution in [-0.2, 0) is 0 Å². The van der Waals surface area contributed by atoms with Gasteiger partial charge < -0.3 is 9.67 Å². The lowest BCUT2D eigenvalue weighted by Crippen LogP contribution is -2.14. The van der Waals surface area contributed by atoms with Crippen molar-refractivity contribution in [2.24, 2.45) is 0 Å². The van der Waals surface area contributed by atoms with Crippen molar-refractivity contribution >= 4 is 11.8 Å². The molecule has 1 N–H and O–H groups in total. The van der Waals surface area contributed by atoms with Gasteiger partial charge in [-0.25, -0.2) is 4.79 Å². The van der Waals surface area contributed by atoms with Gasteiger partial charge in [0.1, 0.15) is 5.69 Å². The van der Waals surface area contributed by atoms with Gasteiger partial charge >= 0.3 is 5.97 Å². The van der Waals surface area contributed by atoms with E-state index in [0.717, 1.165) is 32.1 Å². The Labute approximate surface area is 114 Å². The zero-order valence-corrected chi connectivity index (χ0v) is 12.0. The van der Waals surface area contributed by atoms with Crippen LogP contribution in [-0.4, -0.2) is 21.4 Å². The maximum atomic E-state index is 11.4. The second-order valence-corrected chi connectivity index (χ2v) is 4.97. The average Bonchev–Trinajstić information content (AvgIpc) is 2.79. The fourth-order valence-electron chi connectivity index (χ4n) is 2.34. The van der Waals surface area contributed by atoms with Gasteiger partial charge in [0.25, 0.3) is 0 Å². The Morgan fingerprint density at radius 1 is 1.26 bits per heavy atom. The van der Waals surface area contributed by atoms with Crippen LogP contribution in [0.1, 0.15) is 79.8 Å². The number of aromatic carboxylic acids is 1. The molecular formula is C15H23NO3. The van der Waals surface area contributed by atoms with Crippen molar-refractivity contribution in [1.82, 2.24) is 4.57 Å². The summed E-state index contributed by atoms with van der Waals surface area (Å²) in [5.74, 6) is -1.06. The highest BCUT2D eigenvalue weighted by Gasteiger charge is 2.20. The summed E-state index contributed by atoms with van der Waals surface area (Å²) in [5, 5.41) is 9.27. The molecule has 0 aromatic carbocycles. The van der Waals surface area contributed by atoms with E-state index in [0.29, 0.717) is 5.56 Å². The predicted molar refractivity (Wildman–Crippen MR) is 74.9 cm³/mol. The van der Waals surface area contributed by atoms with E-state index in [-0.39, 0.29) is 17.5 Å². The maximum absolute atomic E-state index is 11.4. The number of carbonyl (C=O) groups excluding carboxylic acids is 1. The van der Waals surface area contributed by atoms with Crippen LogP contribution in [0.3, 0.4) is 0 Å². The molecule has 1 heterocycles. The quantitative estimate of drug-likeness (QED) is 0.725. The highest BCUT2D eigenvalue weighted by Crippen LogP contribution is 2.25. The first-order chi connectivity index (χ1) is 9.01. The molecule has 0 aliphatic carbocycles. The largest absolute Gasteiger partial charge is 0.477 e. The van der Waals surface area contributed by atoms with Crippen molar-refractivity contribution in [3.63, 3.8) is 0 Å². The molecule has 0 saturated carbocycles. The van der Waals surface area contributed by atoms with Crippen molar-refractivity contribution < 1.29 is 14.7 Å². The van der Waals surface area contributed by atoms with Crippen LogP contribution >= 0.6 is 0 Å². The van der Waals surface area contributed by atoms with Crippen LogP contribution < -0.4 is 0 Å². The lowest BCUT2D eigenvalue weighted by atomic mass is 10.0. The van der Waals surface area contributed by atoms with Crippen molar-refractivity contribution in [3.05, 3.63) is 23.5 Å². The molecule has 1 rings (SSSR count). The van der Waals surface area contributed by atoms with Gasteiger partial charge in [-0.15, -0.1) is 0 Å². The number of rotatable bonds is 8. The summed E-state index contributed by atoms with van der Waals surface area (Å²) in [6.45, 7) is 5.68. The third-order valence-electron chi connectivity index (χ3n) is 3.38. The Morgan fingerprint density at radius 3 is 2.42 bits per heavy atom. The van der Waals surface area contributed by atoms with Crippen LogP contribution in [0.25, 0.3) is 0 Å². The first kappa shape index (κ1) is 15.5. The Morgan fingerprint density at radius 2 is 1.95 bits per heavy atom. The molecule has 1 atom stereocenters. The monoisotopic (exact) mass is 265 g/mol. The van der Waals surface area contributed by atoms with E-state index < -0.39 is 5.97 Å². The first-order valence-corrected chi connectivity index (χ1v) is 6.97. The molecule has 0 saturated heterocycles. The summed E-state index contributed by atoms with van der Waals surface area (Å²) in [6.07, 6.45) is 6.74. The van der Waals surface area contributed by atoms with Crippen LogP contribution in [0.15, 0.2) is 12.3 Å². The van der Waals surface area contributed by atoms with E-state index >= 15 is 0 Å².